The van der Waals surface area contributed by atoms with Gasteiger partial charge in [0, 0.05) is 30.1 Å². The van der Waals surface area contributed by atoms with Crippen LogP contribution >= 0.6 is 11.6 Å². The number of carbonyl (C=O) groups excluding carboxylic acids is 1. The van der Waals surface area contributed by atoms with Crippen molar-refractivity contribution < 1.29 is 9.18 Å². The molecule has 1 aromatic rings. The molecule has 0 unspecified atom stereocenters. The van der Waals surface area contributed by atoms with Gasteiger partial charge in [0.15, 0.2) is 0 Å². The summed E-state index contributed by atoms with van der Waals surface area (Å²) >= 11 is 6.01. The molecule has 0 radical (unpaired) electrons. The first-order valence-electron chi connectivity index (χ1n) is 7.50. The van der Waals surface area contributed by atoms with Gasteiger partial charge in [-0.15, -0.1) is 0 Å². The SMILES string of the molecule is O=C(Cc1ccc(F)cc1Cl)N1CCC[C@@]2(CCNC2)C1. The maximum atomic E-state index is 13.1. The Morgan fingerprint density at radius 2 is 2.29 bits per heavy atom. The predicted octanol–water partition coefficient (Wildman–Crippen LogP) is 2.62. The van der Waals surface area contributed by atoms with Gasteiger partial charge >= 0.3 is 0 Å². The molecule has 1 aromatic carbocycles. The number of hydrogen-bond donors (Lipinski definition) is 1. The van der Waals surface area contributed by atoms with E-state index in [1.165, 1.54) is 18.6 Å². The van der Waals surface area contributed by atoms with Gasteiger partial charge in [0.1, 0.15) is 5.82 Å². The van der Waals surface area contributed by atoms with Crippen LogP contribution in [0.25, 0.3) is 0 Å². The third kappa shape index (κ3) is 3.22. The highest BCUT2D eigenvalue weighted by Crippen LogP contribution is 2.35. The normalized spacial score (nSPS) is 25.5. The molecule has 114 valence electrons. The topological polar surface area (TPSA) is 32.3 Å². The molecule has 1 N–H and O–H groups in total. The number of amides is 1. The van der Waals surface area contributed by atoms with Gasteiger partial charge in [-0.3, -0.25) is 4.79 Å². The van der Waals surface area contributed by atoms with E-state index in [4.69, 9.17) is 11.6 Å². The van der Waals surface area contributed by atoms with E-state index in [-0.39, 0.29) is 23.6 Å². The zero-order valence-corrected chi connectivity index (χ0v) is 12.8. The van der Waals surface area contributed by atoms with Crippen molar-refractivity contribution in [1.82, 2.24) is 10.2 Å². The fourth-order valence-corrected chi connectivity index (χ4v) is 3.74. The van der Waals surface area contributed by atoms with E-state index in [0.29, 0.717) is 10.6 Å². The van der Waals surface area contributed by atoms with E-state index in [0.717, 1.165) is 39.0 Å². The quantitative estimate of drug-likeness (QED) is 0.911. The maximum absolute atomic E-state index is 13.1. The highest BCUT2D eigenvalue weighted by molar-refractivity contribution is 6.31. The van der Waals surface area contributed by atoms with Crippen LogP contribution in [-0.2, 0) is 11.2 Å². The van der Waals surface area contributed by atoms with Gasteiger partial charge in [-0.2, -0.15) is 0 Å². The second-order valence-electron chi connectivity index (χ2n) is 6.26. The van der Waals surface area contributed by atoms with E-state index in [1.54, 1.807) is 6.07 Å². The van der Waals surface area contributed by atoms with Crippen LogP contribution in [0.2, 0.25) is 5.02 Å². The Labute approximate surface area is 129 Å². The average Bonchev–Trinajstić information content (AvgIpc) is 2.90. The third-order valence-electron chi connectivity index (χ3n) is 4.70. The summed E-state index contributed by atoms with van der Waals surface area (Å²) in [5.74, 6) is -0.278. The first-order chi connectivity index (χ1) is 10.1. The standard InChI is InChI=1S/C16H20ClFN2O/c17-14-9-13(18)3-2-12(14)8-15(21)20-7-1-4-16(11-20)5-6-19-10-16/h2-3,9,19H,1,4-8,10-11H2/t16-/m0/s1. The number of rotatable bonds is 2. The number of benzene rings is 1. The highest BCUT2D eigenvalue weighted by Gasteiger charge is 2.39. The second kappa shape index (κ2) is 5.93. The summed E-state index contributed by atoms with van der Waals surface area (Å²) in [4.78, 5) is 14.5. The molecule has 3 nitrogen and oxygen atoms in total. The Bertz CT molecular complexity index is 543. The van der Waals surface area contributed by atoms with Crippen LogP contribution in [0.3, 0.4) is 0 Å². The van der Waals surface area contributed by atoms with Crippen LogP contribution in [-0.4, -0.2) is 37.0 Å². The van der Waals surface area contributed by atoms with Gasteiger partial charge in [-0.25, -0.2) is 4.39 Å². The van der Waals surface area contributed by atoms with Gasteiger partial charge < -0.3 is 10.2 Å². The van der Waals surface area contributed by atoms with Crippen molar-refractivity contribution >= 4 is 17.5 Å². The third-order valence-corrected chi connectivity index (χ3v) is 5.05. The lowest BCUT2D eigenvalue weighted by Crippen LogP contribution is -2.47. The molecule has 2 fully saturated rings. The van der Waals surface area contributed by atoms with Crippen molar-refractivity contribution in [2.24, 2.45) is 5.41 Å². The minimum Gasteiger partial charge on any atom is -0.342 e. The lowest BCUT2D eigenvalue weighted by molar-refractivity contribution is -0.133. The summed E-state index contributed by atoms with van der Waals surface area (Å²) in [6.07, 6.45) is 3.66. The zero-order valence-electron chi connectivity index (χ0n) is 12.0. The Kier molecular flexibility index (Phi) is 4.18. The smallest absolute Gasteiger partial charge is 0.227 e. The molecule has 0 aromatic heterocycles. The van der Waals surface area contributed by atoms with Crippen molar-refractivity contribution in [3.8, 4) is 0 Å². The zero-order chi connectivity index (χ0) is 14.9. The van der Waals surface area contributed by atoms with Gasteiger partial charge in [0.25, 0.3) is 0 Å². The van der Waals surface area contributed by atoms with Crippen molar-refractivity contribution in [3.05, 3.63) is 34.6 Å². The minimum absolute atomic E-state index is 0.0921. The van der Waals surface area contributed by atoms with E-state index < -0.39 is 0 Å². The number of nitrogens with zero attached hydrogens (tertiary/aromatic N) is 1. The highest BCUT2D eigenvalue weighted by atomic mass is 35.5. The first-order valence-corrected chi connectivity index (χ1v) is 7.88. The van der Waals surface area contributed by atoms with Gasteiger partial charge in [-0.05, 0) is 43.5 Å². The number of likely N-dealkylation sites (tertiary alicyclic amines) is 1. The summed E-state index contributed by atoms with van der Waals surface area (Å²) < 4.78 is 13.1. The van der Waals surface area contributed by atoms with Gasteiger partial charge in [0.2, 0.25) is 5.91 Å². The van der Waals surface area contributed by atoms with E-state index in [1.807, 2.05) is 4.90 Å². The number of nitrogens with one attached hydrogen (secondary N) is 1. The molecule has 3 rings (SSSR count). The first kappa shape index (κ1) is 14.8. The molecule has 5 heteroatoms. The van der Waals surface area contributed by atoms with E-state index in [9.17, 15) is 9.18 Å². The van der Waals surface area contributed by atoms with E-state index >= 15 is 0 Å². The van der Waals surface area contributed by atoms with E-state index in [2.05, 4.69) is 5.32 Å². The summed E-state index contributed by atoms with van der Waals surface area (Å²) in [5.41, 5.74) is 0.966. The Morgan fingerprint density at radius 1 is 1.43 bits per heavy atom. The summed E-state index contributed by atoms with van der Waals surface area (Å²) in [5, 5.41) is 3.74. The second-order valence-corrected chi connectivity index (χ2v) is 6.67. The van der Waals surface area contributed by atoms with Crippen LogP contribution < -0.4 is 5.32 Å². The number of halogens is 2. The molecule has 2 heterocycles. The molecule has 2 aliphatic rings. The molecule has 1 amide bonds. The molecule has 1 atom stereocenters. The van der Waals surface area contributed by atoms with Crippen LogP contribution in [0.1, 0.15) is 24.8 Å². The Morgan fingerprint density at radius 3 is 3.00 bits per heavy atom. The van der Waals surface area contributed by atoms with Crippen molar-refractivity contribution in [1.29, 1.82) is 0 Å². The van der Waals surface area contributed by atoms with Crippen molar-refractivity contribution in [2.75, 3.05) is 26.2 Å². The molecule has 21 heavy (non-hydrogen) atoms. The molecule has 0 aliphatic carbocycles. The molecule has 0 bridgehead atoms. The Balaban J connectivity index is 1.67. The predicted molar refractivity (Wildman–Crippen MR) is 80.8 cm³/mol. The van der Waals surface area contributed by atoms with Crippen molar-refractivity contribution in [2.45, 2.75) is 25.7 Å². The lowest BCUT2D eigenvalue weighted by atomic mass is 9.79. The molecular formula is C16H20ClFN2O. The number of carbonyl (C=O) groups is 1. The Hall–Kier alpha value is -1.13. The lowest BCUT2D eigenvalue weighted by Gasteiger charge is -2.40. The molecule has 0 saturated carbocycles. The molecule has 1 spiro atoms. The van der Waals surface area contributed by atoms with Crippen LogP contribution in [0.4, 0.5) is 4.39 Å². The van der Waals surface area contributed by atoms with Crippen LogP contribution in [0, 0.1) is 11.2 Å². The molecule has 2 saturated heterocycles. The summed E-state index contributed by atoms with van der Waals surface area (Å²) in [6, 6.07) is 4.22. The maximum Gasteiger partial charge on any atom is 0.227 e. The fourth-order valence-electron chi connectivity index (χ4n) is 3.50. The molecule has 2 aliphatic heterocycles. The van der Waals surface area contributed by atoms with Gasteiger partial charge in [-0.1, -0.05) is 17.7 Å². The monoisotopic (exact) mass is 310 g/mol. The fraction of sp³-hybridized carbons (Fsp3) is 0.562. The molecular weight excluding hydrogens is 291 g/mol. The van der Waals surface area contributed by atoms with Crippen LogP contribution in [0.5, 0.6) is 0 Å². The summed E-state index contributed by atoms with van der Waals surface area (Å²) in [7, 11) is 0. The minimum atomic E-state index is -0.370. The van der Waals surface area contributed by atoms with Crippen LogP contribution in [0.15, 0.2) is 18.2 Å². The largest absolute Gasteiger partial charge is 0.342 e. The number of piperidine rings is 1. The number of hydrogen-bond acceptors (Lipinski definition) is 2. The average molecular weight is 311 g/mol. The van der Waals surface area contributed by atoms with Gasteiger partial charge in [0.05, 0.1) is 6.42 Å². The van der Waals surface area contributed by atoms with Crippen molar-refractivity contribution in [3.63, 3.8) is 0 Å². The summed E-state index contributed by atoms with van der Waals surface area (Å²) in [6.45, 7) is 3.71.